The highest BCUT2D eigenvalue weighted by atomic mass is 79.9. The predicted octanol–water partition coefficient (Wildman–Crippen LogP) is 3.58. The van der Waals surface area contributed by atoms with E-state index in [0.29, 0.717) is 20.3 Å². The number of rotatable bonds is 4. The van der Waals surface area contributed by atoms with Crippen molar-refractivity contribution < 1.29 is 17.5 Å². The third kappa shape index (κ3) is 4.50. The molecule has 112 valence electrons. The van der Waals surface area contributed by atoms with Gasteiger partial charge >= 0.3 is 0 Å². The largest absolute Gasteiger partial charge is 0.488 e. The minimum atomic E-state index is -3.76. The van der Waals surface area contributed by atoms with Crippen LogP contribution in [0.2, 0.25) is 0 Å². The summed E-state index contributed by atoms with van der Waals surface area (Å²) in [6.07, 6.45) is 0. The van der Waals surface area contributed by atoms with Crippen molar-refractivity contribution in [1.82, 2.24) is 0 Å². The van der Waals surface area contributed by atoms with Crippen LogP contribution >= 0.6 is 31.9 Å². The Bertz CT molecular complexity index is 761. The molecule has 0 aliphatic heterocycles. The summed E-state index contributed by atoms with van der Waals surface area (Å²) in [6, 6.07) is 8.62. The minimum absolute atomic E-state index is 0.0183. The molecule has 0 aromatic heterocycles. The Hall–Kier alpha value is -0.960. The van der Waals surface area contributed by atoms with Gasteiger partial charge in [-0.2, -0.15) is 0 Å². The Kier molecular flexibility index (Phi) is 5.03. The van der Waals surface area contributed by atoms with Crippen LogP contribution in [0.1, 0.15) is 5.56 Å². The highest BCUT2D eigenvalue weighted by Gasteiger charge is 2.11. The molecule has 0 unspecified atom stereocenters. The molecule has 2 N–H and O–H groups in total. The first kappa shape index (κ1) is 16.4. The van der Waals surface area contributed by atoms with Gasteiger partial charge in [0, 0.05) is 4.47 Å². The van der Waals surface area contributed by atoms with Crippen molar-refractivity contribution in [3.63, 3.8) is 0 Å². The van der Waals surface area contributed by atoms with Crippen LogP contribution in [0.25, 0.3) is 0 Å². The molecular formula is C13H10Br2FNO3S. The van der Waals surface area contributed by atoms with Gasteiger partial charge in [0.15, 0.2) is 0 Å². The highest BCUT2D eigenvalue weighted by Crippen LogP contribution is 2.28. The second kappa shape index (κ2) is 6.43. The number of nitrogens with two attached hydrogens (primary N) is 1. The Labute approximate surface area is 138 Å². The second-order valence-corrected chi connectivity index (χ2v) is 7.54. The molecule has 2 aromatic carbocycles. The van der Waals surface area contributed by atoms with Crippen molar-refractivity contribution in [2.24, 2.45) is 5.14 Å². The molecule has 8 heteroatoms. The van der Waals surface area contributed by atoms with Gasteiger partial charge in [-0.3, -0.25) is 0 Å². The predicted molar refractivity (Wildman–Crippen MR) is 83.9 cm³/mol. The summed E-state index contributed by atoms with van der Waals surface area (Å²) in [5, 5.41) is 5.04. The fraction of sp³-hybridized carbons (Fsp3) is 0.0769. The lowest BCUT2D eigenvalue weighted by molar-refractivity contribution is 0.303. The van der Waals surface area contributed by atoms with Gasteiger partial charge < -0.3 is 4.74 Å². The zero-order valence-electron chi connectivity index (χ0n) is 10.5. The van der Waals surface area contributed by atoms with Crippen molar-refractivity contribution >= 4 is 41.9 Å². The van der Waals surface area contributed by atoms with E-state index in [4.69, 9.17) is 9.88 Å². The van der Waals surface area contributed by atoms with Crippen molar-refractivity contribution in [1.29, 1.82) is 0 Å². The molecule has 0 saturated heterocycles. The number of benzene rings is 2. The summed E-state index contributed by atoms with van der Waals surface area (Å²) in [6.45, 7) is 0.143. The van der Waals surface area contributed by atoms with Crippen LogP contribution in [0.15, 0.2) is 50.2 Å². The van der Waals surface area contributed by atoms with Gasteiger partial charge in [-0.15, -0.1) is 0 Å². The molecule has 0 radical (unpaired) electrons. The molecule has 0 spiro atoms. The molecule has 0 heterocycles. The first-order valence-electron chi connectivity index (χ1n) is 5.66. The minimum Gasteiger partial charge on any atom is -0.488 e. The van der Waals surface area contributed by atoms with Crippen LogP contribution in [-0.2, 0) is 16.6 Å². The number of hydrogen-bond donors (Lipinski definition) is 1. The van der Waals surface area contributed by atoms with Gasteiger partial charge in [0.2, 0.25) is 10.0 Å². The fourth-order valence-electron chi connectivity index (χ4n) is 1.63. The maximum Gasteiger partial charge on any atom is 0.238 e. The van der Waals surface area contributed by atoms with Crippen LogP contribution in [0.3, 0.4) is 0 Å². The first-order valence-corrected chi connectivity index (χ1v) is 8.79. The molecule has 2 aromatic rings. The number of sulfonamides is 1. The van der Waals surface area contributed by atoms with Crippen LogP contribution in [0.4, 0.5) is 4.39 Å². The molecule has 0 fully saturated rings. The normalized spacial score (nSPS) is 11.4. The summed E-state index contributed by atoms with van der Waals surface area (Å²) in [5.74, 6) is 0.0643. The molecule has 0 aliphatic carbocycles. The molecule has 0 aliphatic rings. The van der Waals surface area contributed by atoms with Gasteiger partial charge in [0.1, 0.15) is 18.2 Å². The topological polar surface area (TPSA) is 69.4 Å². The number of ether oxygens (including phenoxy) is 1. The van der Waals surface area contributed by atoms with Gasteiger partial charge in [0.25, 0.3) is 0 Å². The molecule has 0 amide bonds. The van der Waals surface area contributed by atoms with Gasteiger partial charge in [0.05, 0.1) is 9.37 Å². The van der Waals surface area contributed by atoms with E-state index in [1.807, 2.05) is 0 Å². The van der Waals surface area contributed by atoms with E-state index < -0.39 is 10.0 Å². The molecule has 2 rings (SSSR count). The molecular weight excluding hydrogens is 429 g/mol. The Morgan fingerprint density at radius 3 is 2.43 bits per heavy atom. The van der Waals surface area contributed by atoms with Crippen LogP contribution in [0, 0.1) is 5.82 Å². The average Bonchev–Trinajstić information content (AvgIpc) is 2.35. The molecule has 4 nitrogen and oxygen atoms in total. The third-order valence-corrected chi connectivity index (χ3v) is 4.54. The molecule has 0 saturated carbocycles. The van der Waals surface area contributed by atoms with Gasteiger partial charge in [-0.1, -0.05) is 15.9 Å². The van der Waals surface area contributed by atoms with Crippen molar-refractivity contribution in [2.75, 3.05) is 0 Å². The van der Waals surface area contributed by atoms with Gasteiger partial charge in [-0.25, -0.2) is 17.9 Å². The van der Waals surface area contributed by atoms with E-state index in [1.165, 1.54) is 30.3 Å². The van der Waals surface area contributed by atoms with Crippen molar-refractivity contribution in [3.05, 3.63) is 56.7 Å². The Morgan fingerprint density at radius 1 is 1.14 bits per heavy atom. The first-order chi connectivity index (χ1) is 9.75. The SMILES string of the molecule is NS(=O)(=O)c1ccc(OCc2cc(F)cc(Br)c2)c(Br)c1. The fourth-order valence-corrected chi connectivity index (χ4v) is 3.33. The van der Waals surface area contributed by atoms with E-state index in [0.717, 1.165) is 0 Å². The molecule has 21 heavy (non-hydrogen) atoms. The summed E-state index contributed by atoms with van der Waals surface area (Å²) < 4.78 is 42.3. The zero-order chi connectivity index (χ0) is 15.6. The van der Waals surface area contributed by atoms with Crippen molar-refractivity contribution in [2.45, 2.75) is 11.5 Å². The molecule has 0 bridgehead atoms. The van der Waals surface area contributed by atoms with Gasteiger partial charge in [-0.05, 0) is 57.9 Å². The standard InChI is InChI=1S/C13H10Br2FNO3S/c14-9-3-8(4-10(16)5-9)7-20-13-2-1-11(6-12(13)15)21(17,18)19/h1-6H,7H2,(H2,17,18,19). The third-order valence-electron chi connectivity index (χ3n) is 2.55. The lowest BCUT2D eigenvalue weighted by Gasteiger charge is -2.10. The number of primary sulfonamides is 1. The lowest BCUT2D eigenvalue weighted by atomic mass is 10.2. The van der Waals surface area contributed by atoms with E-state index in [-0.39, 0.29) is 17.3 Å². The number of halogens is 3. The van der Waals surface area contributed by atoms with Crippen LogP contribution < -0.4 is 9.88 Å². The lowest BCUT2D eigenvalue weighted by Crippen LogP contribution is -2.12. The summed E-state index contributed by atoms with van der Waals surface area (Å²) >= 11 is 6.41. The Balaban J connectivity index is 2.17. The smallest absolute Gasteiger partial charge is 0.238 e. The maximum absolute atomic E-state index is 13.2. The summed E-state index contributed by atoms with van der Waals surface area (Å²) in [4.78, 5) is -0.0183. The van der Waals surface area contributed by atoms with Crippen LogP contribution in [0.5, 0.6) is 5.75 Å². The van der Waals surface area contributed by atoms with E-state index >= 15 is 0 Å². The Morgan fingerprint density at radius 2 is 1.86 bits per heavy atom. The van der Waals surface area contributed by atoms with E-state index in [9.17, 15) is 12.8 Å². The number of hydrogen-bond acceptors (Lipinski definition) is 3. The summed E-state index contributed by atoms with van der Waals surface area (Å²) in [5.41, 5.74) is 0.643. The molecule has 0 atom stereocenters. The van der Waals surface area contributed by atoms with E-state index in [2.05, 4.69) is 31.9 Å². The summed E-state index contributed by atoms with van der Waals surface area (Å²) in [7, 11) is -3.76. The van der Waals surface area contributed by atoms with Crippen molar-refractivity contribution in [3.8, 4) is 5.75 Å². The quantitative estimate of drug-likeness (QED) is 0.793. The second-order valence-electron chi connectivity index (χ2n) is 4.20. The maximum atomic E-state index is 13.2. The highest BCUT2D eigenvalue weighted by molar-refractivity contribution is 9.10. The average molecular weight is 439 g/mol. The monoisotopic (exact) mass is 437 g/mol. The van der Waals surface area contributed by atoms with Crippen LogP contribution in [-0.4, -0.2) is 8.42 Å². The van der Waals surface area contributed by atoms with E-state index in [1.54, 1.807) is 6.07 Å². The zero-order valence-corrected chi connectivity index (χ0v) is 14.5.